The summed E-state index contributed by atoms with van der Waals surface area (Å²) in [4.78, 5) is 0. The van der Waals surface area contributed by atoms with Crippen molar-refractivity contribution in [3.05, 3.63) is 35.1 Å². The van der Waals surface area contributed by atoms with Crippen LogP contribution >= 0.6 is 0 Å². The van der Waals surface area contributed by atoms with Crippen LogP contribution in [0.3, 0.4) is 0 Å². The Morgan fingerprint density at radius 3 is 2.67 bits per heavy atom. The van der Waals surface area contributed by atoms with Gasteiger partial charge in [-0.2, -0.15) is 0 Å². The molecule has 0 aromatic heterocycles. The summed E-state index contributed by atoms with van der Waals surface area (Å²) in [6, 6.07) is 5.16. The minimum Gasteiger partial charge on any atom is -0.207 e. The van der Waals surface area contributed by atoms with Crippen LogP contribution in [0.25, 0.3) is 0 Å². The standard InChI is InChI=1S/C10H12BF/c1-3-9(11)8-5-4-7(2)10(12)6-8/h4-6,9H,3H2,1-2H3. The van der Waals surface area contributed by atoms with Gasteiger partial charge in [-0.1, -0.05) is 36.9 Å². The van der Waals surface area contributed by atoms with Crippen molar-refractivity contribution in [2.24, 2.45) is 0 Å². The maximum atomic E-state index is 13.0. The van der Waals surface area contributed by atoms with Gasteiger partial charge in [0.05, 0.1) is 7.85 Å². The summed E-state index contributed by atoms with van der Waals surface area (Å²) < 4.78 is 13.0. The molecule has 2 radical (unpaired) electrons. The summed E-state index contributed by atoms with van der Waals surface area (Å²) in [6.45, 7) is 3.74. The van der Waals surface area contributed by atoms with Crippen LogP contribution in [0.1, 0.15) is 30.3 Å². The average molecular weight is 162 g/mol. The third-order valence-electron chi connectivity index (χ3n) is 2.06. The van der Waals surface area contributed by atoms with Crippen molar-refractivity contribution < 1.29 is 4.39 Å². The van der Waals surface area contributed by atoms with Crippen molar-refractivity contribution >= 4 is 7.85 Å². The third-order valence-corrected chi connectivity index (χ3v) is 2.06. The highest BCUT2D eigenvalue weighted by atomic mass is 19.1. The molecule has 0 spiro atoms. The van der Waals surface area contributed by atoms with E-state index in [1.165, 1.54) is 6.07 Å². The van der Waals surface area contributed by atoms with E-state index < -0.39 is 0 Å². The molecular weight excluding hydrogens is 150 g/mol. The average Bonchev–Trinajstić information content (AvgIpc) is 2.08. The predicted molar refractivity (Wildman–Crippen MR) is 49.9 cm³/mol. The summed E-state index contributed by atoms with van der Waals surface area (Å²) in [5.41, 5.74) is 1.54. The highest BCUT2D eigenvalue weighted by Gasteiger charge is 2.04. The van der Waals surface area contributed by atoms with Gasteiger partial charge in [0.1, 0.15) is 5.82 Å². The normalized spacial score (nSPS) is 12.9. The fraction of sp³-hybridized carbons (Fsp3) is 0.400. The second kappa shape index (κ2) is 3.75. The molecule has 12 heavy (non-hydrogen) atoms. The summed E-state index contributed by atoms with van der Waals surface area (Å²) >= 11 is 0. The first-order chi connectivity index (χ1) is 5.65. The molecule has 0 saturated carbocycles. The molecule has 1 atom stereocenters. The van der Waals surface area contributed by atoms with Gasteiger partial charge in [-0.15, -0.1) is 0 Å². The Morgan fingerprint density at radius 1 is 1.50 bits per heavy atom. The molecule has 2 heteroatoms. The van der Waals surface area contributed by atoms with Gasteiger partial charge in [0.25, 0.3) is 0 Å². The topological polar surface area (TPSA) is 0 Å². The maximum absolute atomic E-state index is 13.0. The van der Waals surface area contributed by atoms with E-state index in [1.54, 1.807) is 13.0 Å². The van der Waals surface area contributed by atoms with Crippen molar-refractivity contribution in [3.63, 3.8) is 0 Å². The van der Waals surface area contributed by atoms with Crippen LogP contribution in [0.2, 0.25) is 0 Å². The van der Waals surface area contributed by atoms with E-state index in [1.807, 2.05) is 13.0 Å². The van der Waals surface area contributed by atoms with Gasteiger partial charge in [-0.25, -0.2) is 4.39 Å². The molecule has 1 rings (SSSR count). The lowest BCUT2D eigenvalue weighted by atomic mass is 9.79. The zero-order valence-corrected chi connectivity index (χ0v) is 7.47. The Kier molecular flexibility index (Phi) is 2.91. The van der Waals surface area contributed by atoms with Gasteiger partial charge in [0.15, 0.2) is 0 Å². The smallest absolute Gasteiger partial charge is 0.126 e. The van der Waals surface area contributed by atoms with Gasteiger partial charge in [0.2, 0.25) is 0 Å². The van der Waals surface area contributed by atoms with Gasteiger partial charge >= 0.3 is 0 Å². The summed E-state index contributed by atoms with van der Waals surface area (Å²) in [5.74, 6) is -0.212. The minimum absolute atomic E-state index is 0.0416. The van der Waals surface area contributed by atoms with Crippen molar-refractivity contribution in [1.82, 2.24) is 0 Å². The van der Waals surface area contributed by atoms with Crippen LogP contribution in [-0.4, -0.2) is 7.85 Å². The van der Waals surface area contributed by atoms with Gasteiger partial charge in [0, 0.05) is 0 Å². The van der Waals surface area contributed by atoms with E-state index in [-0.39, 0.29) is 11.6 Å². The molecule has 0 nitrogen and oxygen atoms in total. The summed E-state index contributed by atoms with van der Waals surface area (Å²) in [5, 5.41) is 0. The van der Waals surface area contributed by atoms with Crippen LogP contribution in [0.5, 0.6) is 0 Å². The van der Waals surface area contributed by atoms with E-state index in [9.17, 15) is 4.39 Å². The van der Waals surface area contributed by atoms with E-state index in [0.29, 0.717) is 5.56 Å². The molecule has 62 valence electrons. The molecule has 0 aliphatic carbocycles. The maximum Gasteiger partial charge on any atom is 0.126 e. The van der Waals surface area contributed by atoms with Gasteiger partial charge in [-0.3, -0.25) is 0 Å². The minimum atomic E-state index is -0.170. The van der Waals surface area contributed by atoms with Crippen LogP contribution in [0, 0.1) is 12.7 Å². The Balaban J connectivity index is 2.96. The highest BCUT2D eigenvalue weighted by molar-refractivity contribution is 6.12. The van der Waals surface area contributed by atoms with Crippen molar-refractivity contribution in [3.8, 4) is 0 Å². The van der Waals surface area contributed by atoms with Crippen LogP contribution in [0.4, 0.5) is 4.39 Å². The van der Waals surface area contributed by atoms with Crippen molar-refractivity contribution in [2.45, 2.75) is 26.1 Å². The first-order valence-electron chi connectivity index (χ1n) is 4.16. The van der Waals surface area contributed by atoms with Crippen molar-refractivity contribution in [1.29, 1.82) is 0 Å². The van der Waals surface area contributed by atoms with E-state index in [0.717, 1.165) is 12.0 Å². The number of hydrogen-bond donors (Lipinski definition) is 0. The Morgan fingerprint density at radius 2 is 2.17 bits per heavy atom. The molecule has 0 aliphatic heterocycles. The quantitative estimate of drug-likeness (QED) is 0.586. The fourth-order valence-electron chi connectivity index (χ4n) is 1.08. The summed E-state index contributed by atoms with van der Waals surface area (Å²) in [7, 11) is 5.75. The zero-order valence-electron chi connectivity index (χ0n) is 7.47. The van der Waals surface area contributed by atoms with Gasteiger partial charge in [-0.05, 0) is 18.6 Å². The lowest BCUT2D eigenvalue weighted by Crippen LogP contribution is -1.97. The fourth-order valence-corrected chi connectivity index (χ4v) is 1.08. The van der Waals surface area contributed by atoms with Gasteiger partial charge < -0.3 is 0 Å². The molecule has 0 saturated heterocycles. The van der Waals surface area contributed by atoms with Crippen LogP contribution < -0.4 is 0 Å². The summed E-state index contributed by atoms with van der Waals surface area (Å²) in [6.07, 6.45) is 0.836. The lowest BCUT2D eigenvalue weighted by Gasteiger charge is -2.09. The van der Waals surface area contributed by atoms with E-state index >= 15 is 0 Å². The molecule has 0 heterocycles. The number of hydrogen-bond acceptors (Lipinski definition) is 0. The monoisotopic (exact) mass is 162 g/mol. The highest BCUT2D eigenvalue weighted by Crippen LogP contribution is 2.18. The largest absolute Gasteiger partial charge is 0.207 e. The first kappa shape index (κ1) is 9.30. The molecule has 0 N–H and O–H groups in total. The Bertz CT molecular complexity index is 271. The molecular formula is C10H12BF. The second-order valence-electron chi connectivity index (χ2n) is 3.02. The predicted octanol–water partition coefficient (Wildman–Crippen LogP) is 2.75. The van der Waals surface area contributed by atoms with E-state index in [2.05, 4.69) is 0 Å². The molecule has 1 unspecified atom stereocenters. The Hall–Kier alpha value is -0.785. The number of halogens is 1. The number of aryl methyl sites for hydroxylation is 1. The molecule has 0 fully saturated rings. The number of benzene rings is 1. The molecule has 0 aliphatic rings. The molecule has 1 aromatic rings. The van der Waals surface area contributed by atoms with E-state index in [4.69, 9.17) is 7.85 Å². The number of rotatable bonds is 2. The van der Waals surface area contributed by atoms with Crippen LogP contribution in [0.15, 0.2) is 18.2 Å². The van der Waals surface area contributed by atoms with Crippen LogP contribution in [-0.2, 0) is 0 Å². The van der Waals surface area contributed by atoms with Crippen molar-refractivity contribution in [2.75, 3.05) is 0 Å². The Labute approximate surface area is 74.2 Å². The molecule has 1 aromatic carbocycles. The third kappa shape index (κ3) is 1.87. The SMILES string of the molecule is [B]C(CC)c1ccc(C)c(F)c1. The second-order valence-corrected chi connectivity index (χ2v) is 3.02. The first-order valence-corrected chi connectivity index (χ1v) is 4.16. The zero-order chi connectivity index (χ0) is 9.14. The lowest BCUT2D eigenvalue weighted by molar-refractivity contribution is 0.615. The molecule has 0 amide bonds. The molecule has 0 bridgehead atoms.